The summed E-state index contributed by atoms with van der Waals surface area (Å²) in [7, 11) is 0. The molecule has 0 unspecified atom stereocenters. The van der Waals surface area contributed by atoms with Crippen LogP contribution in [0.5, 0.6) is 5.75 Å². The molecule has 1 amide bonds. The molecule has 0 aliphatic rings. The first kappa shape index (κ1) is 13.9. The second-order valence-electron chi connectivity index (χ2n) is 4.28. The van der Waals surface area contributed by atoms with E-state index in [1.807, 2.05) is 13.0 Å². The third-order valence-corrected chi connectivity index (χ3v) is 3.07. The van der Waals surface area contributed by atoms with Crippen molar-refractivity contribution in [3.63, 3.8) is 0 Å². The van der Waals surface area contributed by atoms with E-state index in [1.165, 1.54) is 24.3 Å². The number of nitrogens with zero attached hydrogens (tertiary/aromatic N) is 1. The third kappa shape index (κ3) is 2.90. The van der Waals surface area contributed by atoms with Crippen LogP contribution in [0.25, 0.3) is 0 Å². The molecule has 0 heterocycles. The van der Waals surface area contributed by atoms with Crippen molar-refractivity contribution < 1.29 is 9.90 Å². The summed E-state index contributed by atoms with van der Waals surface area (Å²) in [6.07, 6.45) is 0. The summed E-state index contributed by atoms with van der Waals surface area (Å²) in [5, 5.41) is 21.5. The van der Waals surface area contributed by atoms with Crippen molar-refractivity contribution >= 4 is 23.2 Å². The van der Waals surface area contributed by atoms with Crippen LogP contribution in [0.2, 0.25) is 5.02 Å². The first-order valence-electron chi connectivity index (χ1n) is 5.82. The molecule has 0 spiro atoms. The minimum absolute atomic E-state index is 0.102. The van der Waals surface area contributed by atoms with E-state index >= 15 is 0 Å². The molecule has 0 aliphatic heterocycles. The van der Waals surface area contributed by atoms with E-state index in [-0.39, 0.29) is 11.3 Å². The number of anilines is 1. The van der Waals surface area contributed by atoms with E-state index in [4.69, 9.17) is 16.9 Å². The van der Waals surface area contributed by atoms with Gasteiger partial charge in [-0.05, 0) is 42.8 Å². The SMILES string of the molecule is Cc1ccc(C(=O)Nc2cc(C#N)ccc2Cl)c(O)c1. The van der Waals surface area contributed by atoms with Crippen LogP contribution in [0.15, 0.2) is 36.4 Å². The maximum absolute atomic E-state index is 12.1. The molecule has 0 saturated heterocycles. The quantitative estimate of drug-likeness (QED) is 0.887. The number of carbonyl (C=O) groups is 1. The molecule has 2 aromatic rings. The molecule has 4 nitrogen and oxygen atoms in total. The highest BCUT2D eigenvalue weighted by Gasteiger charge is 2.13. The zero-order valence-electron chi connectivity index (χ0n) is 10.6. The van der Waals surface area contributed by atoms with Gasteiger partial charge in [-0.3, -0.25) is 4.79 Å². The average Bonchev–Trinajstić information content (AvgIpc) is 2.41. The van der Waals surface area contributed by atoms with Gasteiger partial charge in [-0.25, -0.2) is 0 Å². The van der Waals surface area contributed by atoms with Crippen LogP contribution in [0.1, 0.15) is 21.5 Å². The second-order valence-corrected chi connectivity index (χ2v) is 4.69. The Hall–Kier alpha value is -2.51. The molecule has 2 aromatic carbocycles. The predicted molar refractivity (Wildman–Crippen MR) is 77.0 cm³/mol. The largest absolute Gasteiger partial charge is 0.507 e. The van der Waals surface area contributed by atoms with Gasteiger partial charge < -0.3 is 10.4 Å². The zero-order chi connectivity index (χ0) is 14.7. The molecular weight excluding hydrogens is 276 g/mol. The van der Waals surface area contributed by atoms with Crippen LogP contribution in [-0.4, -0.2) is 11.0 Å². The number of nitriles is 1. The first-order chi connectivity index (χ1) is 9.51. The minimum Gasteiger partial charge on any atom is -0.507 e. The van der Waals surface area contributed by atoms with E-state index < -0.39 is 5.91 Å². The van der Waals surface area contributed by atoms with Gasteiger partial charge in [0.05, 0.1) is 27.9 Å². The van der Waals surface area contributed by atoms with Crippen LogP contribution >= 0.6 is 11.6 Å². The lowest BCUT2D eigenvalue weighted by atomic mass is 10.1. The lowest BCUT2D eigenvalue weighted by molar-refractivity contribution is 0.102. The van der Waals surface area contributed by atoms with Gasteiger partial charge in [0.25, 0.3) is 5.91 Å². The van der Waals surface area contributed by atoms with Gasteiger partial charge in [-0.15, -0.1) is 0 Å². The second kappa shape index (κ2) is 5.64. The van der Waals surface area contributed by atoms with Crippen LogP contribution in [0, 0.1) is 18.3 Å². The molecular formula is C15H11ClN2O2. The summed E-state index contributed by atoms with van der Waals surface area (Å²) in [6, 6.07) is 11.3. The molecule has 0 bridgehead atoms. The fourth-order valence-electron chi connectivity index (χ4n) is 1.71. The highest BCUT2D eigenvalue weighted by atomic mass is 35.5. The van der Waals surface area contributed by atoms with Crippen molar-refractivity contribution in [2.75, 3.05) is 5.32 Å². The van der Waals surface area contributed by atoms with Crippen molar-refractivity contribution in [1.82, 2.24) is 0 Å². The van der Waals surface area contributed by atoms with E-state index in [9.17, 15) is 9.90 Å². The lowest BCUT2D eigenvalue weighted by Gasteiger charge is -2.09. The Kier molecular flexibility index (Phi) is 3.92. The van der Waals surface area contributed by atoms with Crippen LogP contribution in [-0.2, 0) is 0 Å². The molecule has 0 saturated carbocycles. The monoisotopic (exact) mass is 286 g/mol. The van der Waals surface area contributed by atoms with Gasteiger partial charge in [-0.2, -0.15) is 5.26 Å². The zero-order valence-corrected chi connectivity index (χ0v) is 11.4. The Balaban J connectivity index is 2.30. The predicted octanol–water partition coefficient (Wildman–Crippen LogP) is 3.48. The summed E-state index contributed by atoms with van der Waals surface area (Å²) < 4.78 is 0. The van der Waals surface area contributed by atoms with Gasteiger partial charge in [-0.1, -0.05) is 17.7 Å². The molecule has 2 N–H and O–H groups in total. The van der Waals surface area contributed by atoms with Crippen molar-refractivity contribution in [2.45, 2.75) is 6.92 Å². The van der Waals surface area contributed by atoms with E-state index in [2.05, 4.69) is 5.32 Å². The van der Waals surface area contributed by atoms with E-state index in [1.54, 1.807) is 12.1 Å². The number of phenols is 1. The Morgan fingerprint density at radius 2 is 2.05 bits per heavy atom. The molecule has 0 fully saturated rings. The molecule has 2 rings (SSSR count). The van der Waals surface area contributed by atoms with E-state index in [0.29, 0.717) is 16.3 Å². The number of hydrogen-bond donors (Lipinski definition) is 2. The van der Waals surface area contributed by atoms with Gasteiger partial charge in [0, 0.05) is 0 Å². The number of phenolic OH excluding ortho intramolecular Hbond substituents is 1. The number of hydrogen-bond acceptors (Lipinski definition) is 3. The minimum atomic E-state index is -0.487. The van der Waals surface area contributed by atoms with Gasteiger partial charge in [0.1, 0.15) is 5.75 Å². The maximum Gasteiger partial charge on any atom is 0.259 e. The normalized spacial score (nSPS) is 9.85. The van der Waals surface area contributed by atoms with Crippen LogP contribution in [0.3, 0.4) is 0 Å². The molecule has 0 atom stereocenters. The molecule has 100 valence electrons. The van der Waals surface area contributed by atoms with Crippen LogP contribution in [0.4, 0.5) is 5.69 Å². The van der Waals surface area contributed by atoms with Crippen molar-refractivity contribution in [1.29, 1.82) is 5.26 Å². The lowest BCUT2D eigenvalue weighted by Crippen LogP contribution is -2.12. The highest BCUT2D eigenvalue weighted by molar-refractivity contribution is 6.34. The number of aromatic hydroxyl groups is 1. The van der Waals surface area contributed by atoms with E-state index in [0.717, 1.165) is 5.56 Å². The summed E-state index contributed by atoms with van der Waals surface area (Å²) in [5.74, 6) is -0.588. The fourth-order valence-corrected chi connectivity index (χ4v) is 1.88. The number of amides is 1. The fraction of sp³-hybridized carbons (Fsp3) is 0.0667. The summed E-state index contributed by atoms with van der Waals surface area (Å²) in [5.41, 5.74) is 1.71. The average molecular weight is 287 g/mol. The smallest absolute Gasteiger partial charge is 0.259 e. The molecule has 0 radical (unpaired) electrons. The molecule has 5 heteroatoms. The molecule has 0 aliphatic carbocycles. The van der Waals surface area contributed by atoms with Gasteiger partial charge >= 0.3 is 0 Å². The summed E-state index contributed by atoms with van der Waals surface area (Å²) in [4.78, 5) is 12.1. The maximum atomic E-state index is 12.1. The summed E-state index contributed by atoms with van der Waals surface area (Å²) >= 11 is 5.96. The Morgan fingerprint density at radius 1 is 1.30 bits per heavy atom. The van der Waals surface area contributed by atoms with Crippen molar-refractivity contribution in [3.8, 4) is 11.8 Å². The van der Waals surface area contributed by atoms with Gasteiger partial charge in [0.15, 0.2) is 0 Å². The molecule has 20 heavy (non-hydrogen) atoms. The Morgan fingerprint density at radius 3 is 2.70 bits per heavy atom. The summed E-state index contributed by atoms with van der Waals surface area (Å²) in [6.45, 7) is 1.81. The topological polar surface area (TPSA) is 73.1 Å². The third-order valence-electron chi connectivity index (χ3n) is 2.74. The first-order valence-corrected chi connectivity index (χ1v) is 6.19. The van der Waals surface area contributed by atoms with Crippen molar-refractivity contribution in [2.24, 2.45) is 0 Å². The number of nitrogens with one attached hydrogen (secondary N) is 1. The molecule has 0 aromatic heterocycles. The van der Waals surface area contributed by atoms with Crippen molar-refractivity contribution in [3.05, 3.63) is 58.1 Å². The standard InChI is InChI=1S/C15H11ClN2O2/c1-9-2-4-11(14(19)6-9)15(20)18-13-7-10(8-17)3-5-12(13)16/h2-7,19H,1H3,(H,18,20). The number of carbonyl (C=O) groups excluding carboxylic acids is 1. The number of benzene rings is 2. The van der Waals surface area contributed by atoms with Gasteiger partial charge in [0.2, 0.25) is 0 Å². The highest BCUT2D eigenvalue weighted by Crippen LogP contribution is 2.25. The Bertz CT molecular complexity index is 720. The number of halogens is 1. The Labute approximate surface area is 121 Å². The number of aryl methyl sites for hydroxylation is 1. The number of rotatable bonds is 2. The van der Waals surface area contributed by atoms with Crippen LogP contribution < -0.4 is 5.32 Å².